The van der Waals surface area contributed by atoms with Gasteiger partial charge in [0.1, 0.15) is 11.6 Å². The van der Waals surface area contributed by atoms with Crippen molar-refractivity contribution in [1.29, 1.82) is 0 Å². The van der Waals surface area contributed by atoms with Crippen LogP contribution in [0.2, 0.25) is 0 Å². The summed E-state index contributed by atoms with van der Waals surface area (Å²) in [7, 11) is 1.91. The summed E-state index contributed by atoms with van der Waals surface area (Å²) in [4.78, 5) is 9.21. The summed E-state index contributed by atoms with van der Waals surface area (Å²) in [6.45, 7) is 7.20. The van der Waals surface area contributed by atoms with Gasteiger partial charge >= 0.3 is 0 Å². The predicted molar refractivity (Wildman–Crippen MR) is 77.1 cm³/mol. The maximum absolute atomic E-state index is 4.64. The first-order valence-corrected chi connectivity index (χ1v) is 6.76. The van der Waals surface area contributed by atoms with Gasteiger partial charge in [0.15, 0.2) is 0 Å². The fourth-order valence-electron chi connectivity index (χ4n) is 1.96. The Hall–Kier alpha value is -1.91. The smallest absolute Gasteiger partial charge is 0.133 e. The van der Waals surface area contributed by atoms with Crippen LogP contribution in [0.3, 0.4) is 0 Å². The maximum atomic E-state index is 4.64. The van der Waals surface area contributed by atoms with Gasteiger partial charge in [-0.2, -0.15) is 5.10 Å². The van der Waals surface area contributed by atoms with E-state index in [0.717, 1.165) is 47.8 Å². The van der Waals surface area contributed by atoms with Crippen LogP contribution in [-0.2, 0) is 13.5 Å². The molecule has 0 unspecified atom stereocenters. The van der Waals surface area contributed by atoms with E-state index in [4.69, 9.17) is 0 Å². The van der Waals surface area contributed by atoms with Crippen molar-refractivity contribution in [3.8, 4) is 11.3 Å². The Morgan fingerprint density at radius 3 is 2.63 bits per heavy atom. The highest BCUT2D eigenvalue weighted by molar-refractivity contribution is 5.67. The highest BCUT2D eigenvalue weighted by atomic mass is 15.2. The average molecular weight is 259 g/mol. The van der Waals surface area contributed by atoms with Crippen molar-refractivity contribution >= 4 is 5.82 Å². The quantitative estimate of drug-likeness (QED) is 0.896. The summed E-state index contributed by atoms with van der Waals surface area (Å²) in [6, 6.07) is 0. The first-order chi connectivity index (χ1) is 9.15. The minimum Gasteiger partial charge on any atom is -0.370 e. The van der Waals surface area contributed by atoms with Gasteiger partial charge in [-0.15, -0.1) is 0 Å². The molecule has 0 aliphatic carbocycles. The van der Waals surface area contributed by atoms with Crippen molar-refractivity contribution in [2.24, 2.45) is 7.05 Å². The van der Waals surface area contributed by atoms with Crippen LogP contribution in [0, 0.1) is 6.92 Å². The molecule has 2 aromatic heterocycles. The van der Waals surface area contributed by atoms with Crippen molar-refractivity contribution < 1.29 is 0 Å². The molecule has 5 nitrogen and oxygen atoms in total. The molecule has 0 amide bonds. The molecule has 0 aliphatic heterocycles. The third-order valence-corrected chi connectivity index (χ3v) is 3.03. The zero-order valence-electron chi connectivity index (χ0n) is 12.1. The summed E-state index contributed by atoms with van der Waals surface area (Å²) in [5.74, 6) is 1.80. The lowest BCUT2D eigenvalue weighted by Gasteiger charge is -2.12. The van der Waals surface area contributed by atoms with Crippen molar-refractivity contribution in [2.75, 3.05) is 11.9 Å². The molecule has 102 valence electrons. The van der Waals surface area contributed by atoms with Gasteiger partial charge in [0, 0.05) is 37.3 Å². The van der Waals surface area contributed by atoms with Gasteiger partial charge in [0.2, 0.25) is 0 Å². The number of nitrogens with zero attached hydrogens (tertiary/aromatic N) is 4. The zero-order valence-corrected chi connectivity index (χ0v) is 12.1. The Labute approximate surface area is 114 Å². The Kier molecular flexibility index (Phi) is 4.14. The van der Waals surface area contributed by atoms with E-state index < -0.39 is 0 Å². The molecule has 2 rings (SSSR count). The van der Waals surface area contributed by atoms with Crippen LogP contribution >= 0.6 is 0 Å². The SMILES string of the molecule is CCCNc1nc(CC)nc(-c2cnn(C)c2)c1C. The molecule has 0 saturated heterocycles. The summed E-state index contributed by atoms with van der Waals surface area (Å²) in [5, 5.41) is 7.59. The predicted octanol–water partition coefficient (Wildman–Crippen LogP) is 2.57. The minimum atomic E-state index is 0.828. The van der Waals surface area contributed by atoms with Crippen molar-refractivity contribution in [3.05, 3.63) is 23.8 Å². The second kappa shape index (κ2) is 5.82. The summed E-state index contributed by atoms with van der Waals surface area (Å²) >= 11 is 0. The minimum absolute atomic E-state index is 0.828. The molecule has 5 heteroatoms. The van der Waals surface area contributed by atoms with E-state index in [1.165, 1.54) is 0 Å². The lowest BCUT2D eigenvalue weighted by molar-refractivity contribution is 0.768. The van der Waals surface area contributed by atoms with Gasteiger partial charge in [-0.3, -0.25) is 4.68 Å². The number of hydrogen-bond donors (Lipinski definition) is 1. The summed E-state index contributed by atoms with van der Waals surface area (Å²) < 4.78 is 1.79. The standard InChI is InChI=1S/C14H21N5/c1-5-7-15-14-10(3)13(17-12(6-2)18-14)11-8-16-19(4)9-11/h8-9H,5-7H2,1-4H3,(H,15,17,18). The molecular weight excluding hydrogens is 238 g/mol. The number of hydrogen-bond acceptors (Lipinski definition) is 4. The molecule has 19 heavy (non-hydrogen) atoms. The maximum Gasteiger partial charge on any atom is 0.133 e. The second-order valence-electron chi connectivity index (χ2n) is 4.65. The van der Waals surface area contributed by atoms with E-state index in [2.05, 4.69) is 41.2 Å². The van der Waals surface area contributed by atoms with Gasteiger partial charge in [-0.1, -0.05) is 13.8 Å². The van der Waals surface area contributed by atoms with Crippen molar-refractivity contribution in [3.63, 3.8) is 0 Å². The van der Waals surface area contributed by atoms with E-state index in [1.807, 2.05) is 19.4 Å². The molecular formula is C14H21N5. The lowest BCUT2D eigenvalue weighted by Crippen LogP contribution is -2.08. The highest BCUT2D eigenvalue weighted by Gasteiger charge is 2.12. The molecule has 0 saturated carbocycles. The fourth-order valence-corrected chi connectivity index (χ4v) is 1.96. The number of rotatable bonds is 5. The summed E-state index contributed by atoms with van der Waals surface area (Å²) in [6.07, 6.45) is 5.73. The van der Waals surface area contributed by atoms with Crippen LogP contribution in [-0.4, -0.2) is 26.3 Å². The first-order valence-electron chi connectivity index (χ1n) is 6.76. The Bertz CT molecular complexity index is 559. The largest absolute Gasteiger partial charge is 0.370 e. The molecule has 0 atom stereocenters. The fraction of sp³-hybridized carbons (Fsp3) is 0.500. The number of aryl methyl sites for hydroxylation is 2. The Morgan fingerprint density at radius 1 is 1.26 bits per heavy atom. The molecule has 2 aromatic rings. The van der Waals surface area contributed by atoms with E-state index in [1.54, 1.807) is 4.68 Å². The Morgan fingerprint density at radius 2 is 2.05 bits per heavy atom. The van der Waals surface area contributed by atoms with Crippen molar-refractivity contribution in [2.45, 2.75) is 33.6 Å². The van der Waals surface area contributed by atoms with Gasteiger partial charge in [-0.05, 0) is 13.3 Å². The summed E-state index contributed by atoms with van der Waals surface area (Å²) in [5.41, 5.74) is 3.09. The molecule has 0 radical (unpaired) electrons. The number of nitrogens with one attached hydrogen (secondary N) is 1. The van der Waals surface area contributed by atoms with E-state index in [0.29, 0.717) is 0 Å². The van der Waals surface area contributed by atoms with Gasteiger partial charge in [0.05, 0.1) is 11.9 Å². The zero-order chi connectivity index (χ0) is 13.8. The molecule has 1 N–H and O–H groups in total. The topological polar surface area (TPSA) is 55.6 Å². The van der Waals surface area contributed by atoms with Crippen LogP contribution in [0.4, 0.5) is 5.82 Å². The molecule has 2 heterocycles. The highest BCUT2D eigenvalue weighted by Crippen LogP contribution is 2.25. The Balaban J connectivity index is 2.47. The molecule has 0 aromatic carbocycles. The van der Waals surface area contributed by atoms with E-state index in [9.17, 15) is 0 Å². The first kappa shape index (κ1) is 13.5. The lowest BCUT2D eigenvalue weighted by atomic mass is 10.1. The van der Waals surface area contributed by atoms with Gasteiger partial charge in [-0.25, -0.2) is 9.97 Å². The molecule has 0 fully saturated rings. The number of aromatic nitrogens is 4. The molecule has 0 bridgehead atoms. The van der Waals surface area contributed by atoms with Gasteiger partial charge < -0.3 is 5.32 Å². The second-order valence-corrected chi connectivity index (χ2v) is 4.65. The van der Waals surface area contributed by atoms with Gasteiger partial charge in [0.25, 0.3) is 0 Å². The van der Waals surface area contributed by atoms with Crippen LogP contribution < -0.4 is 5.32 Å². The van der Waals surface area contributed by atoms with Crippen LogP contribution in [0.25, 0.3) is 11.3 Å². The van der Waals surface area contributed by atoms with E-state index >= 15 is 0 Å². The van der Waals surface area contributed by atoms with Crippen LogP contribution in [0.5, 0.6) is 0 Å². The van der Waals surface area contributed by atoms with Crippen LogP contribution in [0.15, 0.2) is 12.4 Å². The number of anilines is 1. The molecule has 0 aliphatic rings. The third kappa shape index (κ3) is 2.92. The normalized spacial score (nSPS) is 10.7. The monoisotopic (exact) mass is 259 g/mol. The third-order valence-electron chi connectivity index (χ3n) is 3.03. The average Bonchev–Trinajstić information content (AvgIpc) is 2.84. The molecule has 0 spiro atoms. The van der Waals surface area contributed by atoms with Crippen LogP contribution in [0.1, 0.15) is 31.7 Å². The van der Waals surface area contributed by atoms with E-state index in [-0.39, 0.29) is 0 Å². The van der Waals surface area contributed by atoms with Crippen molar-refractivity contribution in [1.82, 2.24) is 19.7 Å².